The molecule has 0 fully saturated rings. The maximum absolute atomic E-state index is 10.4. The fourth-order valence-electron chi connectivity index (χ4n) is 0.418. The predicted octanol–water partition coefficient (Wildman–Crippen LogP) is -1.00. The van der Waals surface area contributed by atoms with Crippen molar-refractivity contribution in [3.8, 4) is 0 Å². The molecule has 0 atom stereocenters. The first-order valence-electron chi connectivity index (χ1n) is 2.71. The Hall–Kier alpha value is -1.06. The van der Waals surface area contributed by atoms with Gasteiger partial charge in [-0.25, -0.2) is 0 Å². The summed E-state index contributed by atoms with van der Waals surface area (Å²) in [5, 5.41) is 2.44. The summed E-state index contributed by atoms with van der Waals surface area (Å²) in [7, 11) is 0. The summed E-state index contributed by atoms with van der Waals surface area (Å²) in [5.74, 6) is -0.911. The third-order valence-corrected chi connectivity index (χ3v) is 0.709. The van der Waals surface area contributed by atoms with Crippen molar-refractivity contribution in [2.45, 2.75) is 13.3 Å². The molecule has 0 unspecified atom stereocenters. The molecule has 0 aliphatic carbocycles. The average molecular weight is 130 g/mol. The highest BCUT2D eigenvalue weighted by atomic mass is 16.2. The monoisotopic (exact) mass is 130 g/mol. The molecule has 4 nitrogen and oxygen atoms in total. The van der Waals surface area contributed by atoms with Gasteiger partial charge in [-0.2, -0.15) is 0 Å². The highest BCUT2D eigenvalue weighted by molar-refractivity contribution is 5.95. The molecule has 2 amide bonds. The Bertz CT molecular complexity index is 122. The minimum atomic E-state index is -0.596. The maximum Gasteiger partial charge on any atom is 0.229 e. The van der Waals surface area contributed by atoms with Crippen LogP contribution in [-0.2, 0) is 9.59 Å². The van der Waals surface area contributed by atoms with E-state index in [0.29, 0.717) is 6.54 Å². The number of amides is 2. The normalized spacial score (nSPS) is 8.56. The summed E-state index contributed by atoms with van der Waals surface area (Å²) in [6.07, 6.45) is -0.214. The number of hydrogen-bond acceptors (Lipinski definition) is 2. The van der Waals surface area contributed by atoms with Gasteiger partial charge in [-0.1, -0.05) is 0 Å². The van der Waals surface area contributed by atoms with Crippen molar-refractivity contribution >= 4 is 11.8 Å². The summed E-state index contributed by atoms with van der Waals surface area (Å²) < 4.78 is 0. The number of rotatable bonds is 3. The molecule has 0 spiro atoms. The Morgan fingerprint density at radius 2 is 2.11 bits per heavy atom. The standard InChI is InChI=1S/C5H10N2O2/c1-2-7-5(9)3-4(6)8/h2-3H2,1H3,(H2,6,8)(H,7,9). The second-order valence-corrected chi connectivity index (χ2v) is 1.60. The van der Waals surface area contributed by atoms with Gasteiger partial charge < -0.3 is 11.1 Å². The van der Waals surface area contributed by atoms with E-state index in [-0.39, 0.29) is 12.3 Å². The third kappa shape index (κ3) is 4.80. The summed E-state index contributed by atoms with van der Waals surface area (Å²) in [5.41, 5.74) is 4.72. The Balaban J connectivity index is 3.39. The van der Waals surface area contributed by atoms with Gasteiger partial charge in [0, 0.05) is 6.54 Å². The molecule has 0 bridgehead atoms. The molecule has 0 saturated carbocycles. The van der Waals surface area contributed by atoms with E-state index in [9.17, 15) is 9.59 Å². The minimum absolute atomic E-state index is 0.214. The molecule has 0 heterocycles. The minimum Gasteiger partial charge on any atom is -0.369 e. The Morgan fingerprint density at radius 1 is 1.56 bits per heavy atom. The highest BCUT2D eigenvalue weighted by Gasteiger charge is 2.01. The molecule has 0 aromatic rings. The number of hydrogen-bond donors (Lipinski definition) is 2. The maximum atomic E-state index is 10.4. The lowest BCUT2D eigenvalue weighted by Crippen LogP contribution is -2.27. The number of carbonyl (C=O) groups is 2. The van der Waals surface area contributed by atoms with Gasteiger partial charge in [-0.15, -0.1) is 0 Å². The molecular formula is C5H10N2O2. The molecule has 0 aromatic heterocycles. The van der Waals surface area contributed by atoms with Crippen LogP contribution in [0.5, 0.6) is 0 Å². The molecule has 0 radical (unpaired) electrons. The molecule has 0 saturated heterocycles. The fourth-order valence-corrected chi connectivity index (χ4v) is 0.418. The molecule has 0 aliphatic heterocycles. The smallest absolute Gasteiger partial charge is 0.229 e. The van der Waals surface area contributed by atoms with E-state index in [0.717, 1.165) is 0 Å². The topological polar surface area (TPSA) is 72.2 Å². The highest BCUT2D eigenvalue weighted by Crippen LogP contribution is 1.74. The van der Waals surface area contributed by atoms with Gasteiger partial charge in [0.25, 0.3) is 0 Å². The third-order valence-electron chi connectivity index (χ3n) is 0.709. The van der Waals surface area contributed by atoms with Crippen LogP contribution in [0.3, 0.4) is 0 Å². The van der Waals surface area contributed by atoms with Crippen molar-refractivity contribution < 1.29 is 9.59 Å². The molecule has 3 N–H and O–H groups in total. The van der Waals surface area contributed by atoms with Gasteiger partial charge in [-0.3, -0.25) is 9.59 Å². The second kappa shape index (κ2) is 3.88. The van der Waals surface area contributed by atoms with Crippen LogP contribution in [0.15, 0.2) is 0 Å². The average Bonchev–Trinajstić information content (AvgIpc) is 1.63. The molecule has 0 aromatic carbocycles. The van der Waals surface area contributed by atoms with Crippen molar-refractivity contribution in [2.75, 3.05) is 6.54 Å². The van der Waals surface area contributed by atoms with E-state index in [1.807, 2.05) is 0 Å². The number of nitrogens with one attached hydrogen (secondary N) is 1. The molecular weight excluding hydrogens is 120 g/mol. The second-order valence-electron chi connectivity index (χ2n) is 1.60. The number of carbonyl (C=O) groups excluding carboxylic acids is 2. The predicted molar refractivity (Wildman–Crippen MR) is 32.5 cm³/mol. The first-order valence-corrected chi connectivity index (χ1v) is 2.71. The van der Waals surface area contributed by atoms with Gasteiger partial charge in [-0.05, 0) is 6.92 Å². The van der Waals surface area contributed by atoms with E-state index >= 15 is 0 Å². The molecule has 9 heavy (non-hydrogen) atoms. The SMILES string of the molecule is CCNC(=O)CC(N)=O. The van der Waals surface area contributed by atoms with E-state index in [2.05, 4.69) is 5.32 Å². The lowest BCUT2D eigenvalue weighted by Gasteiger charge is -1.96. The van der Waals surface area contributed by atoms with Gasteiger partial charge in [0.15, 0.2) is 0 Å². The zero-order valence-electron chi connectivity index (χ0n) is 5.31. The van der Waals surface area contributed by atoms with E-state index in [1.165, 1.54) is 0 Å². The van der Waals surface area contributed by atoms with Gasteiger partial charge in [0.2, 0.25) is 11.8 Å². The van der Waals surface area contributed by atoms with Gasteiger partial charge in [0.1, 0.15) is 6.42 Å². The van der Waals surface area contributed by atoms with Crippen molar-refractivity contribution in [1.29, 1.82) is 0 Å². The van der Waals surface area contributed by atoms with E-state index in [1.54, 1.807) is 6.92 Å². The van der Waals surface area contributed by atoms with Crippen LogP contribution in [0.1, 0.15) is 13.3 Å². The lowest BCUT2D eigenvalue weighted by atomic mass is 10.4. The largest absolute Gasteiger partial charge is 0.369 e. The van der Waals surface area contributed by atoms with Crippen molar-refractivity contribution in [3.05, 3.63) is 0 Å². The van der Waals surface area contributed by atoms with Gasteiger partial charge >= 0.3 is 0 Å². The lowest BCUT2D eigenvalue weighted by molar-refractivity contribution is -0.127. The summed E-state index contributed by atoms with van der Waals surface area (Å²) in [6, 6.07) is 0. The van der Waals surface area contributed by atoms with E-state index in [4.69, 9.17) is 5.73 Å². The van der Waals surface area contributed by atoms with Crippen LogP contribution in [-0.4, -0.2) is 18.4 Å². The van der Waals surface area contributed by atoms with Crippen molar-refractivity contribution in [3.63, 3.8) is 0 Å². The fraction of sp³-hybridized carbons (Fsp3) is 0.600. The first kappa shape index (κ1) is 7.94. The zero-order valence-corrected chi connectivity index (χ0v) is 5.31. The number of nitrogens with two attached hydrogens (primary N) is 1. The molecule has 0 rings (SSSR count). The molecule has 0 aliphatic rings. The molecule has 52 valence electrons. The zero-order chi connectivity index (χ0) is 7.28. The van der Waals surface area contributed by atoms with Crippen LogP contribution in [0.4, 0.5) is 0 Å². The molecule has 4 heteroatoms. The van der Waals surface area contributed by atoms with Crippen LogP contribution < -0.4 is 11.1 Å². The summed E-state index contributed by atoms with van der Waals surface area (Å²) in [6.45, 7) is 2.31. The van der Waals surface area contributed by atoms with Crippen molar-refractivity contribution in [1.82, 2.24) is 5.32 Å². The van der Waals surface area contributed by atoms with E-state index < -0.39 is 5.91 Å². The van der Waals surface area contributed by atoms with Gasteiger partial charge in [0.05, 0.1) is 0 Å². The van der Waals surface area contributed by atoms with Crippen LogP contribution in [0.25, 0.3) is 0 Å². The Labute approximate surface area is 53.4 Å². The first-order chi connectivity index (χ1) is 4.16. The summed E-state index contributed by atoms with van der Waals surface area (Å²) in [4.78, 5) is 20.5. The Morgan fingerprint density at radius 3 is 2.44 bits per heavy atom. The van der Waals surface area contributed by atoms with Crippen molar-refractivity contribution in [2.24, 2.45) is 5.73 Å². The van der Waals surface area contributed by atoms with Crippen LogP contribution >= 0.6 is 0 Å². The van der Waals surface area contributed by atoms with Crippen LogP contribution in [0.2, 0.25) is 0 Å². The van der Waals surface area contributed by atoms with Crippen LogP contribution in [0, 0.1) is 0 Å². The Kier molecular flexibility index (Phi) is 3.43. The summed E-state index contributed by atoms with van der Waals surface area (Å²) >= 11 is 0. The quantitative estimate of drug-likeness (QED) is 0.481. The number of primary amides is 1.